The van der Waals surface area contributed by atoms with Crippen LogP contribution in [0.25, 0.3) is 0 Å². The molecule has 1 rings (SSSR count). The second-order valence-electron chi connectivity index (χ2n) is 2.48. The molecule has 72 valence electrons. The van der Waals surface area contributed by atoms with Crippen molar-refractivity contribution in [1.82, 2.24) is 9.78 Å². The molecule has 0 amide bonds. The zero-order valence-electron chi connectivity index (χ0n) is 7.36. The molecule has 0 bridgehead atoms. The summed E-state index contributed by atoms with van der Waals surface area (Å²) < 4.78 is 18.5. The Bertz CT molecular complexity index is 285. The van der Waals surface area contributed by atoms with E-state index >= 15 is 0 Å². The maximum absolute atomic E-state index is 12.4. The molecule has 4 nitrogen and oxygen atoms in total. The molecular formula is C8H11FN2O2. The minimum absolute atomic E-state index is 0.217. The number of carbonyl (C=O) groups is 1. The molecule has 0 radical (unpaired) electrons. The first kappa shape index (κ1) is 9.70. The molecule has 0 aliphatic heterocycles. The molecule has 0 unspecified atom stereocenters. The number of ether oxygens (including phenoxy) is 1. The molecule has 1 heterocycles. The van der Waals surface area contributed by atoms with E-state index in [9.17, 15) is 9.18 Å². The summed E-state index contributed by atoms with van der Waals surface area (Å²) in [5, 5.41) is 3.68. The van der Waals surface area contributed by atoms with Gasteiger partial charge in [-0.25, -0.2) is 4.39 Å². The van der Waals surface area contributed by atoms with Crippen LogP contribution >= 0.6 is 0 Å². The van der Waals surface area contributed by atoms with E-state index in [0.29, 0.717) is 13.2 Å². The van der Waals surface area contributed by atoms with Crippen molar-refractivity contribution in [2.45, 2.75) is 19.9 Å². The lowest BCUT2D eigenvalue weighted by Crippen LogP contribution is -2.09. The van der Waals surface area contributed by atoms with Crippen LogP contribution in [-0.2, 0) is 16.1 Å². The van der Waals surface area contributed by atoms with Gasteiger partial charge in [0.2, 0.25) is 0 Å². The maximum Gasteiger partial charge on any atom is 0.307 e. The number of hydrogen-bond acceptors (Lipinski definition) is 3. The van der Waals surface area contributed by atoms with E-state index in [-0.39, 0.29) is 12.4 Å². The Labute approximate surface area is 75.3 Å². The Morgan fingerprint density at radius 2 is 2.54 bits per heavy atom. The number of nitrogens with zero attached hydrogens (tertiary/aromatic N) is 2. The van der Waals surface area contributed by atoms with Crippen LogP contribution in [0.5, 0.6) is 0 Å². The highest BCUT2D eigenvalue weighted by Crippen LogP contribution is 1.96. The smallest absolute Gasteiger partial charge is 0.307 e. The number of esters is 1. The molecule has 0 saturated carbocycles. The highest BCUT2D eigenvalue weighted by molar-refractivity contribution is 5.69. The highest BCUT2D eigenvalue weighted by atomic mass is 19.1. The monoisotopic (exact) mass is 186 g/mol. The lowest BCUT2D eigenvalue weighted by atomic mass is 10.4. The summed E-state index contributed by atoms with van der Waals surface area (Å²) in [6, 6.07) is 0. The van der Waals surface area contributed by atoms with E-state index in [0.717, 1.165) is 6.20 Å². The van der Waals surface area contributed by atoms with Crippen molar-refractivity contribution in [2.75, 3.05) is 6.61 Å². The maximum atomic E-state index is 12.4. The topological polar surface area (TPSA) is 44.1 Å². The minimum atomic E-state index is -0.399. The van der Waals surface area contributed by atoms with Crippen molar-refractivity contribution in [3.8, 4) is 0 Å². The Kier molecular flexibility index (Phi) is 3.42. The van der Waals surface area contributed by atoms with Gasteiger partial charge in [-0.1, -0.05) is 0 Å². The number of aromatic nitrogens is 2. The third kappa shape index (κ3) is 3.23. The molecule has 0 aromatic carbocycles. The lowest BCUT2D eigenvalue weighted by Gasteiger charge is -2.01. The van der Waals surface area contributed by atoms with Crippen molar-refractivity contribution in [3.05, 3.63) is 18.2 Å². The number of aryl methyl sites for hydroxylation is 1. The van der Waals surface area contributed by atoms with Crippen molar-refractivity contribution in [1.29, 1.82) is 0 Å². The lowest BCUT2D eigenvalue weighted by molar-refractivity contribution is -0.143. The van der Waals surface area contributed by atoms with Crippen molar-refractivity contribution < 1.29 is 13.9 Å². The van der Waals surface area contributed by atoms with Gasteiger partial charge >= 0.3 is 5.97 Å². The molecule has 0 saturated heterocycles. The van der Waals surface area contributed by atoms with E-state index < -0.39 is 5.82 Å². The normalized spacial score (nSPS) is 10.0. The van der Waals surface area contributed by atoms with Crippen LogP contribution in [-0.4, -0.2) is 22.4 Å². The van der Waals surface area contributed by atoms with E-state index in [1.54, 1.807) is 6.92 Å². The zero-order chi connectivity index (χ0) is 9.68. The van der Waals surface area contributed by atoms with E-state index in [4.69, 9.17) is 4.74 Å². The third-order valence-corrected chi connectivity index (χ3v) is 1.45. The average Bonchev–Trinajstić information content (AvgIpc) is 2.49. The Morgan fingerprint density at radius 3 is 3.08 bits per heavy atom. The van der Waals surface area contributed by atoms with Crippen LogP contribution in [0.2, 0.25) is 0 Å². The first-order valence-corrected chi connectivity index (χ1v) is 4.06. The molecule has 0 aliphatic carbocycles. The van der Waals surface area contributed by atoms with E-state index in [1.165, 1.54) is 10.9 Å². The second-order valence-corrected chi connectivity index (χ2v) is 2.48. The van der Waals surface area contributed by atoms with E-state index in [2.05, 4.69) is 5.10 Å². The SMILES string of the molecule is CCOC(=O)CCn1cc(F)cn1. The predicted octanol–water partition coefficient (Wildman–Crippen LogP) is 0.975. The third-order valence-electron chi connectivity index (χ3n) is 1.45. The molecule has 5 heteroatoms. The number of halogens is 1. The molecule has 0 spiro atoms. The molecular weight excluding hydrogens is 175 g/mol. The van der Waals surface area contributed by atoms with Gasteiger partial charge in [0, 0.05) is 0 Å². The Morgan fingerprint density at radius 1 is 1.77 bits per heavy atom. The van der Waals surface area contributed by atoms with Crippen LogP contribution in [0.4, 0.5) is 4.39 Å². The van der Waals surface area contributed by atoms with Crippen molar-refractivity contribution in [2.24, 2.45) is 0 Å². The van der Waals surface area contributed by atoms with Gasteiger partial charge < -0.3 is 4.74 Å². The summed E-state index contributed by atoms with van der Waals surface area (Å²) in [6.07, 6.45) is 2.55. The fourth-order valence-electron chi connectivity index (χ4n) is 0.900. The van der Waals surface area contributed by atoms with Crippen LogP contribution in [0.1, 0.15) is 13.3 Å². The summed E-state index contributed by atoms with van der Waals surface area (Å²) in [5.74, 6) is -0.692. The molecule has 0 fully saturated rings. The zero-order valence-corrected chi connectivity index (χ0v) is 7.36. The van der Waals surface area contributed by atoms with Crippen molar-refractivity contribution in [3.63, 3.8) is 0 Å². The van der Waals surface area contributed by atoms with Crippen LogP contribution in [0.3, 0.4) is 0 Å². The van der Waals surface area contributed by atoms with Crippen molar-refractivity contribution >= 4 is 5.97 Å². The van der Waals surface area contributed by atoms with Crippen LogP contribution < -0.4 is 0 Å². The van der Waals surface area contributed by atoms with Gasteiger partial charge in [-0.05, 0) is 6.92 Å². The van der Waals surface area contributed by atoms with Gasteiger partial charge in [-0.3, -0.25) is 9.48 Å². The first-order chi connectivity index (χ1) is 6.22. The van der Waals surface area contributed by atoms with E-state index in [1.807, 2.05) is 0 Å². The molecule has 0 N–H and O–H groups in total. The van der Waals surface area contributed by atoms with Gasteiger partial charge in [0.1, 0.15) is 0 Å². The molecule has 0 atom stereocenters. The summed E-state index contributed by atoms with van der Waals surface area (Å²) in [4.78, 5) is 10.9. The molecule has 1 aromatic heterocycles. The summed E-state index contributed by atoms with van der Waals surface area (Å²) in [6.45, 7) is 2.46. The fourth-order valence-corrected chi connectivity index (χ4v) is 0.900. The van der Waals surface area contributed by atoms with Crippen LogP contribution in [0, 0.1) is 5.82 Å². The first-order valence-electron chi connectivity index (χ1n) is 4.06. The average molecular weight is 186 g/mol. The summed E-state index contributed by atoms with van der Waals surface area (Å²) in [7, 11) is 0. The Balaban J connectivity index is 2.30. The fraction of sp³-hybridized carbons (Fsp3) is 0.500. The standard InChI is InChI=1S/C8H11FN2O2/c1-2-13-8(12)3-4-11-6-7(9)5-10-11/h5-6H,2-4H2,1H3. The number of carbonyl (C=O) groups excluding carboxylic acids is 1. The molecule has 13 heavy (non-hydrogen) atoms. The number of rotatable bonds is 4. The minimum Gasteiger partial charge on any atom is -0.466 e. The van der Waals surface area contributed by atoms with Crippen LogP contribution in [0.15, 0.2) is 12.4 Å². The molecule has 0 aliphatic rings. The Hall–Kier alpha value is -1.39. The highest BCUT2D eigenvalue weighted by Gasteiger charge is 2.02. The van der Waals surface area contributed by atoms with Gasteiger partial charge in [-0.15, -0.1) is 0 Å². The summed E-state index contributed by atoms with van der Waals surface area (Å²) in [5.41, 5.74) is 0. The van der Waals surface area contributed by atoms with Gasteiger partial charge in [-0.2, -0.15) is 5.10 Å². The molecule has 1 aromatic rings. The van der Waals surface area contributed by atoms with Gasteiger partial charge in [0.25, 0.3) is 0 Å². The van der Waals surface area contributed by atoms with Gasteiger partial charge in [0.15, 0.2) is 5.82 Å². The quantitative estimate of drug-likeness (QED) is 0.658. The van der Waals surface area contributed by atoms with Gasteiger partial charge in [0.05, 0.1) is 32.0 Å². The largest absolute Gasteiger partial charge is 0.466 e. The number of hydrogen-bond donors (Lipinski definition) is 0. The summed E-state index contributed by atoms with van der Waals surface area (Å²) >= 11 is 0. The second kappa shape index (κ2) is 4.59. The predicted molar refractivity (Wildman–Crippen MR) is 43.4 cm³/mol.